The third-order valence-corrected chi connectivity index (χ3v) is 5.42. The van der Waals surface area contributed by atoms with Crippen LogP contribution in [-0.4, -0.2) is 31.6 Å². The molecular weight excluding hydrogens is 234 g/mol. The number of likely N-dealkylation sites (tertiary alicyclic amines) is 1. The van der Waals surface area contributed by atoms with E-state index in [0.717, 1.165) is 11.7 Å². The Hall–Kier alpha value is -1.02. The first kappa shape index (κ1) is 13.0. The lowest BCUT2D eigenvalue weighted by Gasteiger charge is -2.51. The monoisotopic (exact) mass is 259 g/mol. The lowest BCUT2D eigenvalue weighted by Crippen LogP contribution is -2.53. The second kappa shape index (κ2) is 4.52. The molecule has 0 bridgehead atoms. The van der Waals surface area contributed by atoms with Crippen molar-refractivity contribution in [2.75, 3.05) is 20.7 Å². The van der Waals surface area contributed by atoms with Crippen molar-refractivity contribution in [1.82, 2.24) is 4.90 Å². The molecule has 2 unspecified atom stereocenters. The molecule has 0 spiro atoms. The van der Waals surface area contributed by atoms with Gasteiger partial charge >= 0.3 is 0 Å². The fraction of sp³-hybridized carbons (Fsp3) is 0.647. The zero-order valence-electron chi connectivity index (χ0n) is 12.6. The van der Waals surface area contributed by atoms with E-state index in [1.807, 2.05) is 0 Å². The molecule has 1 fully saturated rings. The summed E-state index contributed by atoms with van der Waals surface area (Å²) in [5.74, 6) is 1.76. The average molecular weight is 259 g/mol. The van der Waals surface area contributed by atoms with E-state index in [0.29, 0.717) is 6.04 Å². The Morgan fingerprint density at radius 1 is 1.32 bits per heavy atom. The standard InChI is InChI=1S/C17H25NO/c1-17(2)14-6-5-9-18(3)16(14)10-12-7-8-13(19-4)11-15(12)17/h7-8,11,14,16H,5-6,9-10H2,1-4H3. The molecule has 0 radical (unpaired) electrons. The van der Waals surface area contributed by atoms with Gasteiger partial charge in [0.2, 0.25) is 0 Å². The SMILES string of the molecule is COc1ccc2c(c1)C(C)(C)C1CCCN(C)C1C2. The van der Waals surface area contributed by atoms with Crippen molar-refractivity contribution in [2.45, 2.75) is 44.6 Å². The highest BCUT2D eigenvalue weighted by atomic mass is 16.5. The van der Waals surface area contributed by atoms with Gasteiger partial charge in [-0.1, -0.05) is 19.9 Å². The van der Waals surface area contributed by atoms with Gasteiger partial charge in [-0.05, 0) is 67.4 Å². The second-order valence-corrected chi connectivity index (χ2v) is 6.75. The summed E-state index contributed by atoms with van der Waals surface area (Å²) in [5.41, 5.74) is 3.27. The van der Waals surface area contributed by atoms with E-state index in [1.54, 1.807) is 7.11 Å². The molecule has 0 saturated carbocycles. The summed E-state index contributed by atoms with van der Waals surface area (Å²) < 4.78 is 5.42. The van der Waals surface area contributed by atoms with Gasteiger partial charge in [-0.3, -0.25) is 0 Å². The van der Waals surface area contributed by atoms with Gasteiger partial charge in [0.25, 0.3) is 0 Å². The fourth-order valence-corrected chi connectivity index (χ4v) is 4.25. The zero-order valence-corrected chi connectivity index (χ0v) is 12.6. The number of likely N-dealkylation sites (N-methyl/N-ethyl adjacent to an activating group) is 1. The second-order valence-electron chi connectivity index (χ2n) is 6.75. The quantitative estimate of drug-likeness (QED) is 0.767. The molecule has 1 aromatic carbocycles. The number of nitrogens with zero attached hydrogens (tertiary/aromatic N) is 1. The molecule has 1 heterocycles. The number of ether oxygens (including phenoxy) is 1. The molecule has 1 saturated heterocycles. The number of piperidine rings is 1. The lowest BCUT2D eigenvalue weighted by atomic mass is 9.60. The fourth-order valence-electron chi connectivity index (χ4n) is 4.25. The van der Waals surface area contributed by atoms with Gasteiger partial charge < -0.3 is 9.64 Å². The van der Waals surface area contributed by atoms with Crippen molar-refractivity contribution in [3.63, 3.8) is 0 Å². The Balaban J connectivity index is 2.07. The third-order valence-electron chi connectivity index (χ3n) is 5.42. The van der Waals surface area contributed by atoms with Crippen LogP contribution in [0.15, 0.2) is 18.2 Å². The number of hydrogen-bond donors (Lipinski definition) is 0. The molecule has 1 aromatic rings. The summed E-state index contributed by atoms with van der Waals surface area (Å²) >= 11 is 0. The maximum absolute atomic E-state index is 5.42. The highest BCUT2D eigenvalue weighted by molar-refractivity contribution is 5.43. The minimum Gasteiger partial charge on any atom is -0.497 e. The Labute approximate surface area is 116 Å². The van der Waals surface area contributed by atoms with Crippen LogP contribution in [0.4, 0.5) is 0 Å². The van der Waals surface area contributed by atoms with Crippen LogP contribution in [0, 0.1) is 5.92 Å². The largest absolute Gasteiger partial charge is 0.497 e. The predicted molar refractivity (Wildman–Crippen MR) is 78.9 cm³/mol. The van der Waals surface area contributed by atoms with E-state index in [2.05, 4.69) is 44.0 Å². The molecule has 104 valence electrons. The summed E-state index contributed by atoms with van der Waals surface area (Å²) in [6.45, 7) is 6.09. The van der Waals surface area contributed by atoms with Crippen LogP contribution in [0.25, 0.3) is 0 Å². The molecule has 19 heavy (non-hydrogen) atoms. The van der Waals surface area contributed by atoms with E-state index < -0.39 is 0 Å². The first-order valence-corrected chi connectivity index (χ1v) is 7.41. The number of rotatable bonds is 1. The van der Waals surface area contributed by atoms with Gasteiger partial charge in [-0.25, -0.2) is 0 Å². The van der Waals surface area contributed by atoms with E-state index in [4.69, 9.17) is 4.74 Å². The van der Waals surface area contributed by atoms with Crippen molar-refractivity contribution in [2.24, 2.45) is 5.92 Å². The van der Waals surface area contributed by atoms with E-state index >= 15 is 0 Å². The molecule has 0 amide bonds. The normalized spacial score (nSPS) is 29.5. The summed E-state index contributed by atoms with van der Waals surface area (Å²) in [7, 11) is 4.05. The maximum Gasteiger partial charge on any atom is 0.119 e. The summed E-state index contributed by atoms with van der Waals surface area (Å²) in [6.07, 6.45) is 3.89. The van der Waals surface area contributed by atoms with E-state index in [9.17, 15) is 0 Å². The maximum atomic E-state index is 5.42. The Kier molecular flexibility index (Phi) is 3.09. The molecular formula is C17H25NO. The lowest BCUT2D eigenvalue weighted by molar-refractivity contribution is 0.0637. The van der Waals surface area contributed by atoms with Crippen LogP contribution in [0.3, 0.4) is 0 Å². The topological polar surface area (TPSA) is 12.5 Å². The van der Waals surface area contributed by atoms with Crippen LogP contribution in [0.1, 0.15) is 37.8 Å². The molecule has 2 heteroatoms. The van der Waals surface area contributed by atoms with Crippen LogP contribution in [0.2, 0.25) is 0 Å². The van der Waals surface area contributed by atoms with Crippen LogP contribution < -0.4 is 4.74 Å². The Morgan fingerprint density at radius 3 is 2.84 bits per heavy atom. The highest BCUT2D eigenvalue weighted by Crippen LogP contribution is 2.47. The van der Waals surface area contributed by atoms with Crippen LogP contribution in [-0.2, 0) is 11.8 Å². The van der Waals surface area contributed by atoms with Crippen LogP contribution in [0.5, 0.6) is 5.75 Å². The first-order chi connectivity index (χ1) is 9.04. The summed E-state index contributed by atoms with van der Waals surface area (Å²) in [6, 6.07) is 7.36. The minimum absolute atomic E-state index is 0.251. The summed E-state index contributed by atoms with van der Waals surface area (Å²) in [4.78, 5) is 2.57. The molecule has 3 rings (SSSR count). The molecule has 2 atom stereocenters. The van der Waals surface area contributed by atoms with Gasteiger partial charge in [0.1, 0.15) is 5.75 Å². The third kappa shape index (κ3) is 1.97. The number of benzene rings is 1. The van der Waals surface area contributed by atoms with Crippen molar-refractivity contribution in [1.29, 1.82) is 0 Å². The molecule has 1 aliphatic carbocycles. The molecule has 2 aliphatic rings. The predicted octanol–water partition coefficient (Wildman–Crippen LogP) is 3.24. The van der Waals surface area contributed by atoms with Gasteiger partial charge in [0, 0.05) is 6.04 Å². The van der Waals surface area contributed by atoms with Gasteiger partial charge in [0.15, 0.2) is 0 Å². The van der Waals surface area contributed by atoms with Crippen molar-refractivity contribution in [3.8, 4) is 5.75 Å². The van der Waals surface area contributed by atoms with Crippen molar-refractivity contribution < 1.29 is 4.74 Å². The molecule has 0 N–H and O–H groups in total. The first-order valence-electron chi connectivity index (χ1n) is 7.41. The van der Waals surface area contributed by atoms with Gasteiger partial charge in [0.05, 0.1) is 7.11 Å². The smallest absolute Gasteiger partial charge is 0.119 e. The Morgan fingerprint density at radius 2 is 2.11 bits per heavy atom. The number of fused-ring (bicyclic) bond motifs is 2. The van der Waals surface area contributed by atoms with Crippen molar-refractivity contribution in [3.05, 3.63) is 29.3 Å². The highest BCUT2D eigenvalue weighted by Gasteiger charge is 2.45. The molecule has 2 nitrogen and oxygen atoms in total. The van der Waals surface area contributed by atoms with Crippen molar-refractivity contribution >= 4 is 0 Å². The van der Waals surface area contributed by atoms with Crippen LogP contribution >= 0.6 is 0 Å². The van der Waals surface area contributed by atoms with Gasteiger partial charge in [-0.15, -0.1) is 0 Å². The average Bonchev–Trinajstić information content (AvgIpc) is 2.40. The summed E-state index contributed by atoms with van der Waals surface area (Å²) in [5, 5.41) is 0. The number of methoxy groups -OCH3 is 1. The Bertz CT molecular complexity index is 480. The van der Waals surface area contributed by atoms with E-state index in [1.165, 1.54) is 36.9 Å². The van der Waals surface area contributed by atoms with Gasteiger partial charge in [-0.2, -0.15) is 0 Å². The molecule has 1 aliphatic heterocycles. The van der Waals surface area contributed by atoms with E-state index in [-0.39, 0.29) is 5.41 Å². The molecule has 0 aromatic heterocycles. The zero-order chi connectivity index (χ0) is 13.6. The minimum atomic E-state index is 0.251. The number of hydrogen-bond acceptors (Lipinski definition) is 2.